The van der Waals surface area contributed by atoms with E-state index in [2.05, 4.69) is 10.6 Å². The summed E-state index contributed by atoms with van der Waals surface area (Å²) < 4.78 is 0. The number of nitrogens with one attached hydrogen (secondary N) is 2. The third-order valence-corrected chi connectivity index (χ3v) is 4.14. The van der Waals surface area contributed by atoms with E-state index < -0.39 is 0 Å². The standard InChI is InChI=1S/2C13H11NO/c2*15-13(11-7-3-1-4-8-11)14-12-9-5-2-6-10-12/h2*1-10H,(H,14,15). The van der Waals surface area contributed by atoms with Gasteiger partial charge in [0.25, 0.3) is 11.8 Å². The molecule has 0 radical (unpaired) electrons. The first kappa shape index (κ1) is 20.6. The van der Waals surface area contributed by atoms with E-state index in [1.54, 1.807) is 24.3 Å². The van der Waals surface area contributed by atoms with Crippen molar-refractivity contribution in [2.75, 3.05) is 10.6 Å². The number of benzene rings is 4. The van der Waals surface area contributed by atoms with E-state index in [4.69, 9.17) is 0 Å². The van der Waals surface area contributed by atoms with Gasteiger partial charge in [-0.25, -0.2) is 0 Å². The number of carbonyl (C=O) groups is 2. The highest BCUT2D eigenvalue weighted by atomic mass is 16.2. The summed E-state index contributed by atoms with van der Waals surface area (Å²) in [6.07, 6.45) is 0. The number of amides is 2. The van der Waals surface area contributed by atoms with Crippen molar-refractivity contribution >= 4 is 23.2 Å². The second-order valence-electron chi connectivity index (χ2n) is 6.37. The van der Waals surface area contributed by atoms with Gasteiger partial charge in [-0.3, -0.25) is 9.59 Å². The van der Waals surface area contributed by atoms with E-state index in [1.165, 1.54) is 0 Å². The molecule has 0 saturated carbocycles. The lowest BCUT2D eigenvalue weighted by Crippen LogP contribution is -2.11. The molecule has 0 fully saturated rings. The van der Waals surface area contributed by atoms with Crippen molar-refractivity contribution in [2.45, 2.75) is 0 Å². The fourth-order valence-corrected chi connectivity index (χ4v) is 2.63. The van der Waals surface area contributed by atoms with Crippen LogP contribution in [-0.2, 0) is 0 Å². The zero-order chi connectivity index (χ0) is 21.0. The van der Waals surface area contributed by atoms with Crippen LogP contribution in [0.4, 0.5) is 11.4 Å². The summed E-state index contributed by atoms with van der Waals surface area (Å²) >= 11 is 0. The Hall–Kier alpha value is -4.18. The lowest BCUT2D eigenvalue weighted by Gasteiger charge is -2.03. The predicted molar refractivity (Wildman–Crippen MR) is 122 cm³/mol. The molecule has 0 aliphatic heterocycles. The zero-order valence-electron chi connectivity index (χ0n) is 16.4. The largest absolute Gasteiger partial charge is 0.322 e. The second-order valence-corrected chi connectivity index (χ2v) is 6.37. The topological polar surface area (TPSA) is 58.2 Å². The highest BCUT2D eigenvalue weighted by Gasteiger charge is 2.04. The first-order valence-corrected chi connectivity index (χ1v) is 9.55. The summed E-state index contributed by atoms with van der Waals surface area (Å²) in [6, 6.07) is 37.2. The highest BCUT2D eigenvalue weighted by molar-refractivity contribution is 6.04. The van der Waals surface area contributed by atoms with Crippen LogP contribution in [0, 0.1) is 0 Å². The third kappa shape index (κ3) is 6.46. The number of hydrogen-bond donors (Lipinski definition) is 2. The molecule has 0 aliphatic rings. The molecule has 4 rings (SSSR count). The van der Waals surface area contributed by atoms with Crippen molar-refractivity contribution in [3.05, 3.63) is 132 Å². The molecule has 4 heteroatoms. The molecule has 0 aliphatic carbocycles. The van der Waals surface area contributed by atoms with Crippen LogP contribution in [0.5, 0.6) is 0 Å². The van der Waals surface area contributed by atoms with Crippen molar-refractivity contribution in [1.29, 1.82) is 0 Å². The van der Waals surface area contributed by atoms with Gasteiger partial charge in [0, 0.05) is 22.5 Å². The maximum atomic E-state index is 11.7. The van der Waals surface area contributed by atoms with Gasteiger partial charge in [0.05, 0.1) is 0 Å². The minimum Gasteiger partial charge on any atom is -0.322 e. The fourth-order valence-electron chi connectivity index (χ4n) is 2.63. The van der Waals surface area contributed by atoms with Gasteiger partial charge in [0.2, 0.25) is 0 Å². The fraction of sp³-hybridized carbons (Fsp3) is 0. The highest BCUT2D eigenvalue weighted by Crippen LogP contribution is 2.09. The molecule has 0 aromatic heterocycles. The average molecular weight is 394 g/mol. The van der Waals surface area contributed by atoms with Gasteiger partial charge in [0.1, 0.15) is 0 Å². The van der Waals surface area contributed by atoms with Crippen LogP contribution < -0.4 is 10.6 Å². The molecular formula is C26H22N2O2. The maximum Gasteiger partial charge on any atom is 0.255 e. The molecule has 0 unspecified atom stereocenters. The molecular weight excluding hydrogens is 372 g/mol. The van der Waals surface area contributed by atoms with Crippen molar-refractivity contribution in [2.24, 2.45) is 0 Å². The number of anilines is 2. The number of para-hydroxylation sites is 2. The van der Waals surface area contributed by atoms with E-state index in [9.17, 15) is 9.59 Å². The van der Waals surface area contributed by atoms with Crippen LogP contribution in [-0.4, -0.2) is 11.8 Å². The molecule has 2 amide bonds. The number of rotatable bonds is 4. The van der Waals surface area contributed by atoms with E-state index in [0.29, 0.717) is 11.1 Å². The quantitative estimate of drug-likeness (QED) is 0.454. The van der Waals surface area contributed by atoms with Crippen molar-refractivity contribution in [3.8, 4) is 0 Å². The Morgan fingerprint density at radius 1 is 0.400 bits per heavy atom. The summed E-state index contributed by atoms with van der Waals surface area (Å²) in [5.41, 5.74) is 2.96. The zero-order valence-corrected chi connectivity index (χ0v) is 16.4. The predicted octanol–water partition coefficient (Wildman–Crippen LogP) is 5.88. The molecule has 4 aromatic rings. The van der Waals surface area contributed by atoms with Gasteiger partial charge in [0.15, 0.2) is 0 Å². The molecule has 0 bridgehead atoms. The SMILES string of the molecule is O=C(Nc1ccccc1)c1ccccc1.O=C(Nc1ccccc1)c1ccccc1. The summed E-state index contributed by atoms with van der Waals surface area (Å²) in [5.74, 6) is -0.163. The number of hydrogen-bond acceptors (Lipinski definition) is 2. The molecule has 4 nitrogen and oxygen atoms in total. The van der Waals surface area contributed by atoms with Crippen LogP contribution in [0.3, 0.4) is 0 Å². The van der Waals surface area contributed by atoms with Gasteiger partial charge >= 0.3 is 0 Å². The summed E-state index contributed by atoms with van der Waals surface area (Å²) in [7, 11) is 0. The smallest absolute Gasteiger partial charge is 0.255 e. The summed E-state index contributed by atoms with van der Waals surface area (Å²) in [6.45, 7) is 0. The van der Waals surface area contributed by atoms with Gasteiger partial charge in [-0.15, -0.1) is 0 Å². The van der Waals surface area contributed by atoms with Crippen molar-refractivity contribution in [1.82, 2.24) is 0 Å². The minimum absolute atomic E-state index is 0.0817. The Bertz CT molecular complexity index is 962. The van der Waals surface area contributed by atoms with Gasteiger partial charge < -0.3 is 10.6 Å². The first-order valence-electron chi connectivity index (χ1n) is 9.55. The Morgan fingerprint density at radius 3 is 0.967 bits per heavy atom. The normalized spacial score (nSPS) is 9.60. The lowest BCUT2D eigenvalue weighted by molar-refractivity contribution is 0.101. The Kier molecular flexibility index (Phi) is 7.52. The molecule has 0 heterocycles. The van der Waals surface area contributed by atoms with E-state index >= 15 is 0 Å². The monoisotopic (exact) mass is 394 g/mol. The van der Waals surface area contributed by atoms with E-state index in [0.717, 1.165) is 11.4 Å². The van der Waals surface area contributed by atoms with Gasteiger partial charge in [-0.1, -0.05) is 72.8 Å². The molecule has 2 N–H and O–H groups in total. The Balaban J connectivity index is 0.000000171. The number of carbonyl (C=O) groups excluding carboxylic acids is 2. The van der Waals surface area contributed by atoms with Crippen LogP contribution in [0.2, 0.25) is 0 Å². The van der Waals surface area contributed by atoms with E-state index in [-0.39, 0.29) is 11.8 Å². The molecule has 0 saturated heterocycles. The van der Waals surface area contributed by atoms with Gasteiger partial charge in [-0.05, 0) is 48.5 Å². The molecule has 30 heavy (non-hydrogen) atoms. The molecule has 0 atom stereocenters. The second kappa shape index (κ2) is 11.0. The van der Waals surface area contributed by atoms with Crippen molar-refractivity contribution < 1.29 is 9.59 Å². The van der Waals surface area contributed by atoms with E-state index in [1.807, 2.05) is 97.1 Å². The summed E-state index contributed by atoms with van der Waals surface area (Å²) in [5, 5.41) is 5.64. The molecule has 4 aromatic carbocycles. The minimum atomic E-state index is -0.0817. The Morgan fingerprint density at radius 2 is 0.667 bits per heavy atom. The van der Waals surface area contributed by atoms with Crippen LogP contribution in [0.1, 0.15) is 20.7 Å². The summed E-state index contributed by atoms with van der Waals surface area (Å²) in [4.78, 5) is 23.4. The van der Waals surface area contributed by atoms with Crippen LogP contribution in [0.25, 0.3) is 0 Å². The van der Waals surface area contributed by atoms with Gasteiger partial charge in [-0.2, -0.15) is 0 Å². The van der Waals surface area contributed by atoms with Crippen molar-refractivity contribution in [3.63, 3.8) is 0 Å². The first-order chi connectivity index (χ1) is 14.7. The van der Waals surface area contributed by atoms with Crippen LogP contribution in [0.15, 0.2) is 121 Å². The molecule has 0 spiro atoms. The third-order valence-electron chi connectivity index (χ3n) is 4.14. The maximum absolute atomic E-state index is 11.7. The Labute approximate surface area is 176 Å². The van der Waals surface area contributed by atoms with Crippen LogP contribution >= 0.6 is 0 Å². The average Bonchev–Trinajstić information content (AvgIpc) is 2.82. The lowest BCUT2D eigenvalue weighted by atomic mass is 10.2. The molecule has 148 valence electrons.